The van der Waals surface area contributed by atoms with E-state index in [4.69, 9.17) is 0 Å². The summed E-state index contributed by atoms with van der Waals surface area (Å²) in [5.74, 6) is 1.13. The van der Waals surface area contributed by atoms with Gasteiger partial charge in [-0.25, -0.2) is 0 Å². The summed E-state index contributed by atoms with van der Waals surface area (Å²) in [7, 11) is 0. The molecule has 70 valence electrons. The molecule has 1 nitrogen and oxygen atoms in total. The second kappa shape index (κ2) is 3.51. The highest BCUT2D eigenvalue weighted by atomic mass is 16.3. The summed E-state index contributed by atoms with van der Waals surface area (Å²) in [4.78, 5) is 0. The van der Waals surface area contributed by atoms with Crippen molar-refractivity contribution < 1.29 is 5.11 Å². The van der Waals surface area contributed by atoms with E-state index in [0.717, 1.165) is 5.92 Å². The Bertz CT molecular complexity index is 289. The Balaban J connectivity index is 2.21. The number of aliphatic hydroxyl groups excluding tert-OH is 1. The van der Waals surface area contributed by atoms with Gasteiger partial charge in [-0.2, -0.15) is 0 Å². The van der Waals surface area contributed by atoms with Crippen LogP contribution in [0.1, 0.15) is 29.9 Å². The van der Waals surface area contributed by atoms with Crippen molar-refractivity contribution in [2.45, 2.75) is 25.7 Å². The highest BCUT2D eigenvalue weighted by Gasteiger charge is 2.31. The smallest absolute Gasteiger partial charge is 0.0502 e. The minimum atomic E-state index is 0.300. The summed E-state index contributed by atoms with van der Waals surface area (Å²) in [6, 6.07) is 8.51. The van der Waals surface area contributed by atoms with E-state index < -0.39 is 0 Å². The Hall–Kier alpha value is -0.820. The second-order valence-electron chi connectivity index (χ2n) is 4.04. The van der Waals surface area contributed by atoms with Crippen molar-refractivity contribution in [3.05, 3.63) is 35.4 Å². The maximum absolute atomic E-state index is 9.28. The predicted octanol–water partition coefficient (Wildman–Crippen LogP) is 2.48. The molecule has 13 heavy (non-hydrogen) atoms. The average molecular weight is 176 g/mol. The Morgan fingerprint density at radius 3 is 2.77 bits per heavy atom. The molecule has 1 saturated carbocycles. The lowest BCUT2D eigenvalue weighted by atomic mass is 9.94. The van der Waals surface area contributed by atoms with Crippen LogP contribution in [0.4, 0.5) is 0 Å². The Morgan fingerprint density at radius 1 is 1.46 bits per heavy atom. The molecule has 1 heteroatoms. The van der Waals surface area contributed by atoms with Gasteiger partial charge in [-0.1, -0.05) is 29.8 Å². The number of hydrogen-bond acceptors (Lipinski definition) is 1. The third-order valence-corrected chi connectivity index (χ3v) is 2.86. The first-order valence-electron chi connectivity index (χ1n) is 4.98. The van der Waals surface area contributed by atoms with Gasteiger partial charge in [-0.3, -0.25) is 0 Å². The molecule has 0 heterocycles. The molecule has 1 N–H and O–H groups in total. The van der Waals surface area contributed by atoms with E-state index in [1.165, 1.54) is 24.0 Å². The van der Waals surface area contributed by atoms with Crippen LogP contribution >= 0.6 is 0 Å². The predicted molar refractivity (Wildman–Crippen MR) is 53.7 cm³/mol. The first-order chi connectivity index (χ1) is 6.31. The topological polar surface area (TPSA) is 20.2 Å². The normalized spacial score (nSPS) is 18.6. The first-order valence-corrected chi connectivity index (χ1v) is 4.98. The van der Waals surface area contributed by atoms with E-state index >= 15 is 0 Å². The molecule has 1 aromatic carbocycles. The zero-order valence-electron chi connectivity index (χ0n) is 8.03. The molecule has 1 aromatic rings. The van der Waals surface area contributed by atoms with Crippen LogP contribution in [0, 0.1) is 12.8 Å². The quantitative estimate of drug-likeness (QED) is 0.750. The highest BCUT2D eigenvalue weighted by molar-refractivity contribution is 5.27. The summed E-state index contributed by atoms with van der Waals surface area (Å²) in [5, 5.41) is 9.28. The van der Waals surface area contributed by atoms with Gasteiger partial charge >= 0.3 is 0 Å². The molecular weight excluding hydrogens is 160 g/mol. The van der Waals surface area contributed by atoms with Crippen LogP contribution in [0.2, 0.25) is 0 Å². The number of rotatable bonds is 3. The maximum atomic E-state index is 9.28. The number of aliphatic hydroxyl groups is 1. The van der Waals surface area contributed by atoms with Crippen molar-refractivity contribution in [1.82, 2.24) is 0 Å². The van der Waals surface area contributed by atoms with E-state index in [1.54, 1.807) is 0 Å². The van der Waals surface area contributed by atoms with Gasteiger partial charge in [0, 0.05) is 5.92 Å². The monoisotopic (exact) mass is 176 g/mol. The van der Waals surface area contributed by atoms with E-state index in [1.807, 2.05) is 0 Å². The van der Waals surface area contributed by atoms with Gasteiger partial charge < -0.3 is 5.11 Å². The van der Waals surface area contributed by atoms with Gasteiger partial charge in [0.1, 0.15) is 0 Å². The van der Waals surface area contributed by atoms with Crippen LogP contribution in [-0.4, -0.2) is 11.7 Å². The Morgan fingerprint density at radius 2 is 2.23 bits per heavy atom. The summed E-state index contributed by atoms with van der Waals surface area (Å²) >= 11 is 0. The molecule has 0 radical (unpaired) electrons. The van der Waals surface area contributed by atoms with Crippen LogP contribution in [0.5, 0.6) is 0 Å². The molecule has 0 aromatic heterocycles. The Kier molecular flexibility index (Phi) is 2.36. The number of aryl methyl sites for hydroxylation is 1. The fourth-order valence-electron chi connectivity index (χ4n) is 1.93. The molecule has 0 spiro atoms. The van der Waals surface area contributed by atoms with Crippen LogP contribution in [-0.2, 0) is 0 Å². The summed E-state index contributed by atoms with van der Waals surface area (Å²) in [5.41, 5.74) is 2.60. The van der Waals surface area contributed by atoms with Crippen molar-refractivity contribution in [2.75, 3.05) is 6.61 Å². The van der Waals surface area contributed by atoms with Crippen molar-refractivity contribution in [3.63, 3.8) is 0 Å². The van der Waals surface area contributed by atoms with Gasteiger partial charge in [0.2, 0.25) is 0 Å². The molecule has 2 rings (SSSR count). The molecule has 1 atom stereocenters. The molecule has 0 unspecified atom stereocenters. The highest BCUT2D eigenvalue weighted by Crippen LogP contribution is 2.42. The third kappa shape index (κ3) is 1.92. The van der Waals surface area contributed by atoms with Crippen LogP contribution < -0.4 is 0 Å². The van der Waals surface area contributed by atoms with E-state index in [2.05, 4.69) is 31.2 Å². The molecule has 0 saturated heterocycles. The van der Waals surface area contributed by atoms with Crippen LogP contribution in [0.15, 0.2) is 24.3 Å². The van der Waals surface area contributed by atoms with E-state index in [-0.39, 0.29) is 0 Å². The van der Waals surface area contributed by atoms with Gasteiger partial charge in [0.05, 0.1) is 6.61 Å². The lowest BCUT2D eigenvalue weighted by molar-refractivity contribution is 0.253. The van der Waals surface area contributed by atoms with Crippen molar-refractivity contribution in [2.24, 2.45) is 5.92 Å². The fraction of sp³-hybridized carbons (Fsp3) is 0.500. The third-order valence-electron chi connectivity index (χ3n) is 2.86. The fourth-order valence-corrected chi connectivity index (χ4v) is 1.93. The summed E-state index contributed by atoms with van der Waals surface area (Å²) in [6.07, 6.45) is 2.58. The lowest BCUT2D eigenvalue weighted by Gasteiger charge is -2.13. The first kappa shape index (κ1) is 8.76. The zero-order valence-corrected chi connectivity index (χ0v) is 8.03. The Labute approximate surface area is 79.4 Å². The second-order valence-corrected chi connectivity index (χ2v) is 4.04. The SMILES string of the molecule is Cc1cccc([C@@H](CO)C2CC2)c1. The standard InChI is InChI=1S/C12H16O/c1-9-3-2-4-11(7-9)12(8-13)10-5-6-10/h2-4,7,10,12-13H,5-6,8H2,1H3/t12-/m0/s1. The maximum Gasteiger partial charge on any atom is 0.0502 e. The molecule has 0 amide bonds. The lowest BCUT2D eigenvalue weighted by Crippen LogP contribution is -2.06. The molecule has 0 aliphatic heterocycles. The van der Waals surface area contributed by atoms with Gasteiger partial charge in [-0.05, 0) is 31.2 Å². The average Bonchev–Trinajstić information content (AvgIpc) is 2.90. The van der Waals surface area contributed by atoms with Crippen LogP contribution in [0.3, 0.4) is 0 Å². The van der Waals surface area contributed by atoms with Gasteiger partial charge in [-0.15, -0.1) is 0 Å². The molecular formula is C12H16O. The summed E-state index contributed by atoms with van der Waals surface area (Å²) < 4.78 is 0. The number of hydrogen-bond donors (Lipinski definition) is 1. The summed E-state index contributed by atoms with van der Waals surface area (Å²) in [6.45, 7) is 2.40. The van der Waals surface area contributed by atoms with E-state index in [0.29, 0.717) is 12.5 Å². The molecule has 1 aliphatic rings. The van der Waals surface area contributed by atoms with Crippen LogP contribution in [0.25, 0.3) is 0 Å². The zero-order chi connectivity index (χ0) is 9.26. The van der Waals surface area contributed by atoms with Gasteiger partial charge in [0.25, 0.3) is 0 Å². The minimum absolute atomic E-state index is 0.300. The van der Waals surface area contributed by atoms with Crippen molar-refractivity contribution in [1.29, 1.82) is 0 Å². The minimum Gasteiger partial charge on any atom is -0.396 e. The molecule has 0 bridgehead atoms. The largest absolute Gasteiger partial charge is 0.396 e. The molecule has 1 fully saturated rings. The van der Waals surface area contributed by atoms with Crippen molar-refractivity contribution >= 4 is 0 Å². The van der Waals surface area contributed by atoms with Crippen molar-refractivity contribution in [3.8, 4) is 0 Å². The number of benzene rings is 1. The molecule has 1 aliphatic carbocycles. The van der Waals surface area contributed by atoms with Gasteiger partial charge in [0.15, 0.2) is 0 Å². The van der Waals surface area contributed by atoms with E-state index in [9.17, 15) is 5.11 Å².